The first-order valence-electron chi connectivity index (χ1n) is 7.16. The molecule has 0 saturated carbocycles. The van der Waals surface area contributed by atoms with Gasteiger partial charge in [0.15, 0.2) is 0 Å². The molecule has 112 valence electrons. The lowest BCUT2D eigenvalue weighted by atomic mass is 9.75. The van der Waals surface area contributed by atoms with Gasteiger partial charge in [-0.3, -0.25) is 4.90 Å². The van der Waals surface area contributed by atoms with E-state index < -0.39 is 0 Å². The SMILES string of the molecule is CC(C)(C)C1CCN(Cc2cc(Br)c(O)c(Br)c2)CC1. The van der Waals surface area contributed by atoms with Gasteiger partial charge in [0.25, 0.3) is 0 Å². The molecule has 0 radical (unpaired) electrons. The van der Waals surface area contributed by atoms with Gasteiger partial charge in [-0.15, -0.1) is 0 Å². The van der Waals surface area contributed by atoms with Crippen molar-refractivity contribution in [2.24, 2.45) is 11.3 Å². The third kappa shape index (κ3) is 3.99. The fraction of sp³-hybridized carbons (Fsp3) is 0.625. The smallest absolute Gasteiger partial charge is 0.143 e. The van der Waals surface area contributed by atoms with Crippen LogP contribution in [-0.4, -0.2) is 23.1 Å². The van der Waals surface area contributed by atoms with Crippen LogP contribution in [0.25, 0.3) is 0 Å². The molecule has 0 aliphatic carbocycles. The molecule has 0 spiro atoms. The zero-order chi connectivity index (χ0) is 14.9. The lowest BCUT2D eigenvalue weighted by Gasteiger charge is -2.38. The molecule has 1 aliphatic rings. The molecule has 1 N–H and O–H groups in total. The summed E-state index contributed by atoms with van der Waals surface area (Å²) in [5.41, 5.74) is 1.66. The monoisotopic (exact) mass is 403 g/mol. The van der Waals surface area contributed by atoms with Gasteiger partial charge >= 0.3 is 0 Å². The molecule has 1 aliphatic heterocycles. The number of hydrogen-bond donors (Lipinski definition) is 1. The van der Waals surface area contributed by atoms with Gasteiger partial charge in [-0.25, -0.2) is 0 Å². The number of aromatic hydroxyl groups is 1. The first-order valence-corrected chi connectivity index (χ1v) is 8.75. The summed E-state index contributed by atoms with van der Waals surface area (Å²) in [4.78, 5) is 2.51. The number of halogens is 2. The Hall–Kier alpha value is -0.0600. The summed E-state index contributed by atoms with van der Waals surface area (Å²) in [6.45, 7) is 10.3. The topological polar surface area (TPSA) is 23.5 Å². The van der Waals surface area contributed by atoms with Gasteiger partial charge < -0.3 is 5.11 Å². The number of piperidine rings is 1. The molecule has 1 saturated heterocycles. The lowest BCUT2D eigenvalue weighted by Crippen LogP contribution is -2.37. The third-order valence-corrected chi connectivity index (χ3v) is 5.50. The Morgan fingerprint density at radius 3 is 2.10 bits per heavy atom. The minimum Gasteiger partial charge on any atom is -0.506 e. The Kier molecular flexibility index (Phi) is 5.19. The highest BCUT2D eigenvalue weighted by Gasteiger charge is 2.28. The van der Waals surface area contributed by atoms with E-state index in [-0.39, 0.29) is 5.75 Å². The molecule has 0 bridgehead atoms. The summed E-state index contributed by atoms with van der Waals surface area (Å²) >= 11 is 6.80. The van der Waals surface area contributed by atoms with E-state index in [2.05, 4.69) is 57.5 Å². The highest BCUT2D eigenvalue weighted by Crippen LogP contribution is 2.36. The van der Waals surface area contributed by atoms with Crippen LogP contribution in [0.2, 0.25) is 0 Å². The Morgan fingerprint density at radius 2 is 1.65 bits per heavy atom. The predicted octanol–water partition coefficient (Wildman–Crippen LogP) is 5.18. The third-order valence-electron chi connectivity index (χ3n) is 4.30. The van der Waals surface area contributed by atoms with Crippen LogP contribution in [0.3, 0.4) is 0 Å². The normalized spacial score (nSPS) is 18.4. The van der Waals surface area contributed by atoms with E-state index in [4.69, 9.17) is 0 Å². The van der Waals surface area contributed by atoms with Crippen molar-refractivity contribution in [2.45, 2.75) is 40.2 Å². The summed E-state index contributed by atoms with van der Waals surface area (Å²) in [7, 11) is 0. The number of hydrogen-bond acceptors (Lipinski definition) is 2. The largest absolute Gasteiger partial charge is 0.506 e. The molecule has 1 aromatic rings. The standard InChI is InChI=1S/C16H23Br2NO/c1-16(2,3)12-4-6-19(7-5-12)10-11-8-13(17)15(20)14(18)9-11/h8-9,12,20H,4-7,10H2,1-3H3. The summed E-state index contributed by atoms with van der Waals surface area (Å²) in [5, 5.41) is 9.75. The van der Waals surface area contributed by atoms with E-state index in [1.54, 1.807) is 0 Å². The van der Waals surface area contributed by atoms with Crippen molar-refractivity contribution in [3.63, 3.8) is 0 Å². The number of likely N-dealkylation sites (tertiary alicyclic amines) is 1. The van der Waals surface area contributed by atoms with Gasteiger partial charge in [0.1, 0.15) is 5.75 Å². The van der Waals surface area contributed by atoms with Crippen LogP contribution in [0, 0.1) is 11.3 Å². The van der Waals surface area contributed by atoms with Crippen LogP contribution in [0.1, 0.15) is 39.2 Å². The second-order valence-corrected chi connectivity index (χ2v) is 8.53. The van der Waals surface area contributed by atoms with Crippen LogP contribution in [0.15, 0.2) is 21.1 Å². The van der Waals surface area contributed by atoms with Gasteiger partial charge in [0.2, 0.25) is 0 Å². The van der Waals surface area contributed by atoms with Crippen molar-refractivity contribution in [2.75, 3.05) is 13.1 Å². The Balaban J connectivity index is 1.96. The zero-order valence-electron chi connectivity index (χ0n) is 12.4. The quantitative estimate of drug-likeness (QED) is 0.734. The maximum Gasteiger partial charge on any atom is 0.143 e. The molecule has 1 heterocycles. The summed E-state index contributed by atoms with van der Waals surface area (Å²) in [6.07, 6.45) is 2.56. The number of phenols is 1. The predicted molar refractivity (Wildman–Crippen MR) is 91.0 cm³/mol. The van der Waals surface area contributed by atoms with Gasteiger partial charge in [0, 0.05) is 6.54 Å². The van der Waals surface area contributed by atoms with Crippen molar-refractivity contribution >= 4 is 31.9 Å². The molecule has 1 aromatic carbocycles. The van der Waals surface area contributed by atoms with Crippen LogP contribution in [0.5, 0.6) is 5.75 Å². The van der Waals surface area contributed by atoms with E-state index >= 15 is 0 Å². The maximum atomic E-state index is 9.75. The number of rotatable bonds is 2. The van der Waals surface area contributed by atoms with E-state index in [0.717, 1.165) is 34.5 Å². The molecule has 2 rings (SSSR count). The van der Waals surface area contributed by atoms with Crippen molar-refractivity contribution in [1.29, 1.82) is 0 Å². The van der Waals surface area contributed by atoms with E-state index in [0.29, 0.717) is 5.41 Å². The fourth-order valence-corrected chi connectivity index (χ4v) is 4.21. The number of nitrogens with zero attached hydrogens (tertiary/aromatic N) is 1. The summed E-state index contributed by atoms with van der Waals surface area (Å²) < 4.78 is 1.51. The van der Waals surface area contributed by atoms with Crippen molar-refractivity contribution in [3.05, 3.63) is 26.6 Å². The number of phenolic OH excluding ortho intramolecular Hbond substituents is 1. The second kappa shape index (κ2) is 6.37. The lowest BCUT2D eigenvalue weighted by molar-refractivity contribution is 0.108. The van der Waals surface area contributed by atoms with E-state index in [1.165, 1.54) is 18.4 Å². The first-order chi connectivity index (χ1) is 9.27. The minimum absolute atomic E-state index is 0.278. The fourth-order valence-electron chi connectivity index (χ4n) is 2.92. The van der Waals surface area contributed by atoms with Gasteiger partial charge in [-0.2, -0.15) is 0 Å². The highest BCUT2D eigenvalue weighted by atomic mass is 79.9. The molecule has 20 heavy (non-hydrogen) atoms. The van der Waals surface area contributed by atoms with E-state index in [9.17, 15) is 5.11 Å². The van der Waals surface area contributed by atoms with Crippen LogP contribution in [-0.2, 0) is 6.54 Å². The first kappa shape index (κ1) is 16.3. The van der Waals surface area contributed by atoms with Gasteiger partial charge in [-0.05, 0) is 86.8 Å². The highest BCUT2D eigenvalue weighted by molar-refractivity contribution is 9.11. The minimum atomic E-state index is 0.278. The molecular weight excluding hydrogens is 382 g/mol. The number of benzene rings is 1. The molecule has 0 atom stereocenters. The molecule has 2 nitrogen and oxygen atoms in total. The van der Waals surface area contributed by atoms with Crippen molar-refractivity contribution in [3.8, 4) is 5.75 Å². The van der Waals surface area contributed by atoms with Crippen LogP contribution < -0.4 is 0 Å². The molecule has 0 unspecified atom stereocenters. The zero-order valence-corrected chi connectivity index (χ0v) is 15.6. The van der Waals surface area contributed by atoms with Crippen molar-refractivity contribution in [1.82, 2.24) is 4.90 Å². The molecular formula is C16H23Br2NO. The maximum absolute atomic E-state index is 9.75. The molecule has 0 amide bonds. The molecule has 0 aromatic heterocycles. The Morgan fingerprint density at radius 1 is 1.15 bits per heavy atom. The second-order valence-electron chi connectivity index (χ2n) is 6.82. The van der Waals surface area contributed by atoms with Gasteiger partial charge in [0.05, 0.1) is 8.95 Å². The summed E-state index contributed by atoms with van der Waals surface area (Å²) in [5.74, 6) is 1.11. The summed E-state index contributed by atoms with van der Waals surface area (Å²) in [6, 6.07) is 4.02. The van der Waals surface area contributed by atoms with E-state index in [1.807, 2.05) is 12.1 Å². The van der Waals surface area contributed by atoms with Crippen LogP contribution in [0.4, 0.5) is 0 Å². The Labute approximate surface area is 138 Å². The average Bonchev–Trinajstić information content (AvgIpc) is 2.35. The molecule has 4 heteroatoms. The Bertz CT molecular complexity index is 451. The van der Waals surface area contributed by atoms with Crippen molar-refractivity contribution < 1.29 is 5.11 Å². The van der Waals surface area contributed by atoms with Crippen LogP contribution >= 0.6 is 31.9 Å². The van der Waals surface area contributed by atoms with Gasteiger partial charge in [-0.1, -0.05) is 20.8 Å². The molecule has 1 fully saturated rings. The average molecular weight is 405 g/mol.